The predicted octanol–water partition coefficient (Wildman–Crippen LogP) is 1.27. The van der Waals surface area contributed by atoms with Gasteiger partial charge in [-0.1, -0.05) is 6.07 Å². The minimum Gasteiger partial charge on any atom is -0.471 e. The minimum absolute atomic E-state index is 0.0316. The van der Waals surface area contributed by atoms with Crippen molar-refractivity contribution in [2.24, 2.45) is 5.73 Å². The number of hydrogen-bond acceptors (Lipinski definition) is 4. The average molecular weight is 235 g/mol. The van der Waals surface area contributed by atoms with Gasteiger partial charge in [-0.3, -0.25) is 4.90 Å². The molecule has 4 nitrogen and oxygen atoms in total. The van der Waals surface area contributed by atoms with E-state index in [1.807, 2.05) is 18.2 Å². The highest BCUT2D eigenvalue weighted by Crippen LogP contribution is 2.22. The van der Waals surface area contributed by atoms with E-state index in [0.717, 1.165) is 13.1 Å². The van der Waals surface area contributed by atoms with Crippen molar-refractivity contribution in [3.05, 3.63) is 24.4 Å². The molecule has 2 heterocycles. The molecule has 0 spiro atoms. The number of aromatic nitrogens is 1. The van der Waals surface area contributed by atoms with Gasteiger partial charge in [-0.25, -0.2) is 4.98 Å². The molecular weight excluding hydrogens is 214 g/mol. The molecule has 1 fully saturated rings. The Kier molecular flexibility index (Phi) is 3.35. The van der Waals surface area contributed by atoms with Gasteiger partial charge in [-0.05, 0) is 26.8 Å². The molecule has 0 amide bonds. The van der Waals surface area contributed by atoms with Crippen molar-refractivity contribution < 1.29 is 4.74 Å². The van der Waals surface area contributed by atoms with E-state index in [1.165, 1.54) is 0 Å². The molecule has 2 N–H and O–H groups in total. The quantitative estimate of drug-likeness (QED) is 0.838. The van der Waals surface area contributed by atoms with Gasteiger partial charge in [0, 0.05) is 30.9 Å². The highest BCUT2D eigenvalue weighted by molar-refractivity contribution is 5.11. The lowest BCUT2D eigenvalue weighted by molar-refractivity contribution is 0.137. The molecule has 0 aromatic carbocycles. The van der Waals surface area contributed by atoms with Gasteiger partial charge in [-0.2, -0.15) is 0 Å². The zero-order valence-electron chi connectivity index (χ0n) is 10.8. The zero-order chi connectivity index (χ0) is 12.5. The second-order valence-corrected chi connectivity index (χ2v) is 5.56. The fourth-order valence-electron chi connectivity index (χ4n) is 2.04. The third-order valence-corrected chi connectivity index (χ3v) is 3.17. The maximum atomic E-state index is 6.12. The van der Waals surface area contributed by atoms with Gasteiger partial charge in [0.2, 0.25) is 5.88 Å². The third-order valence-electron chi connectivity index (χ3n) is 3.17. The van der Waals surface area contributed by atoms with E-state index in [0.29, 0.717) is 5.88 Å². The molecule has 2 unspecified atom stereocenters. The summed E-state index contributed by atoms with van der Waals surface area (Å²) in [5, 5.41) is 0. The van der Waals surface area contributed by atoms with Crippen LogP contribution in [0.5, 0.6) is 5.88 Å². The summed E-state index contributed by atoms with van der Waals surface area (Å²) >= 11 is 0. The molecule has 1 aromatic rings. The molecule has 0 aliphatic carbocycles. The van der Waals surface area contributed by atoms with Crippen LogP contribution in [0.25, 0.3) is 0 Å². The number of rotatable bonds is 2. The Hall–Kier alpha value is -1.13. The van der Waals surface area contributed by atoms with Crippen molar-refractivity contribution in [3.63, 3.8) is 0 Å². The molecule has 0 radical (unpaired) electrons. The van der Waals surface area contributed by atoms with E-state index >= 15 is 0 Å². The molecule has 2 atom stereocenters. The normalized spacial score (nSPS) is 26.1. The molecule has 94 valence electrons. The first-order valence-corrected chi connectivity index (χ1v) is 6.05. The van der Waals surface area contributed by atoms with Gasteiger partial charge < -0.3 is 10.5 Å². The smallest absolute Gasteiger partial charge is 0.213 e. The summed E-state index contributed by atoms with van der Waals surface area (Å²) in [7, 11) is 0. The van der Waals surface area contributed by atoms with E-state index in [9.17, 15) is 0 Å². The number of nitrogens with two attached hydrogens (primary N) is 1. The lowest BCUT2D eigenvalue weighted by Gasteiger charge is -2.31. The lowest BCUT2D eigenvalue weighted by atomic mass is 10.1. The number of ether oxygens (including phenoxy) is 1. The summed E-state index contributed by atoms with van der Waals surface area (Å²) in [6.45, 7) is 8.33. The molecule has 0 saturated carbocycles. The van der Waals surface area contributed by atoms with Crippen molar-refractivity contribution in [1.29, 1.82) is 0 Å². The summed E-state index contributed by atoms with van der Waals surface area (Å²) in [5.74, 6) is 0.656. The largest absolute Gasteiger partial charge is 0.471 e. The Morgan fingerprint density at radius 2 is 2.12 bits per heavy atom. The maximum absolute atomic E-state index is 6.12. The second kappa shape index (κ2) is 4.63. The van der Waals surface area contributed by atoms with Crippen LogP contribution in [0.4, 0.5) is 0 Å². The average Bonchev–Trinajstić information content (AvgIpc) is 2.62. The first kappa shape index (κ1) is 12.3. The number of pyridine rings is 1. The van der Waals surface area contributed by atoms with Gasteiger partial charge >= 0.3 is 0 Å². The van der Waals surface area contributed by atoms with E-state index in [4.69, 9.17) is 10.5 Å². The SMILES string of the molecule is CC(C)(C)N1CC(N)C(Oc2ccccn2)C1. The first-order chi connectivity index (χ1) is 7.97. The van der Waals surface area contributed by atoms with Crippen LogP contribution in [0.1, 0.15) is 20.8 Å². The molecule has 1 aliphatic rings. The van der Waals surface area contributed by atoms with Crippen LogP contribution in [0.3, 0.4) is 0 Å². The summed E-state index contributed by atoms with van der Waals surface area (Å²) < 4.78 is 5.84. The lowest BCUT2D eigenvalue weighted by Crippen LogP contribution is -2.40. The molecule has 0 bridgehead atoms. The van der Waals surface area contributed by atoms with Crippen LogP contribution in [0.2, 0.25) is 0 Å². The second-order valence-electron chi connectivity index (χ2n) is 5.56. The number of nitrogens with zero attached hydrogens (tertiary/aromatic N) is 2. The van der Waals surface area contributed by atoms with Gasteiger partial charge in [0.1, 0.15) is 6.10 Å². The Labute approximate surface area is 103 Å². The highest BCUT2D eigenvalue weighted by Gasteiger charge is 2.37. The standard InChI is InChI=1S/C13H21N3O/c1-13(2,3)16-8-10(14)11(9-16)17-12-6-4-5-7-15-12/h4-7,10-11H,8-9,14H2,1-3H3. The van der Waals surface area contributed by atoms with Crippen LogP contribution in [0, 0.1) is 0 Å². The third kappa shape index (κ3) is 2.96. The van der Waals surface area contributed by atoms with Crippen molar-refractivity contribution in [3.8, 4) is 5.88 Å². The summed E-state index contributed by atoms with van der Waals surface area (Å²) in [6, 6.07) is 5.72. The van der Waals surface area contributed by atoms with Gasteiger partial charge in [0.15, 0.2) is 0 Å². The van der Waals surface area contributed by atoms with E-state index in [1.54, 1.807) is 6.20 Å². The van der Waals surface area contributed by atoms with Crippen LogP contribution >= 0.6 is 0 Å². The maximum Gasteiger partial charge on any atom is 0.213 e. The fourth-order valence-corrected chi connectivity index (χ4v) is 2.04. The number of hydrogen-bond donors (Lipinski definition) is 1. The Morgan fingerprint density at radius 3 is 2.65 bits per heavy atom. The van der Waals surface area contributed by atoms with Crippen molar-refractivity contribution in [2.75, 3.05) is 13.1 Å². The van der Waals surface area contributed by atoms with Crippen molar-refractivity contribution >= 4 is 0 Å². The van der Waals surface area contributed by atoms with Crippen LogP contribution < -0.4 is 10.5 Å². The zero-order valence-corrected chi connectivity index (χ0v) is 10.8. The Morgan fingerprint density at radius 1 is 1.35 bits per heavy atom. The van der Waals surface area contributed by atoms with Gasteiger partial charge in [0.25, 0.3) is 0 Å². The van der Waals surface area contributed by atoms with E-state index < -0.39 is 0 Å². The fraction of sp³-hybridized carbons (Fsp3) is 0.615. The summed E-state index contributed by atoms with van der Waals surface area (Å²) in [6.07, 6.45) is 1.77. The Balaban J connectivity index is 2.00. The summed E-state index contributed by atoms with van der Waals surface area (Å²) in [4.78, 5) is 6.52. The molecular formula is C13H21N3O. The predicted molar refractivity (Wildman–Crippen MR) is 68.0 cm³/mol. The molecule has 1 saturated heterocycles. The molecule has 1 aliphatic heterocycles. The van der Waals surface area contributed by atoms with Crippen molar-refractivity contribution in [1.82, 2.24) is 9.88 Å². The van der Waals surface area contributed by atoms with E-state index in [-0.39, 0.29) is 17.7 Å². The molecule has 2 rings (SSSR count). The summed E-state index contributed by atoms with van der Waals surface area (Å²) in [5.41, 5.74) is 6.26. The van der Waals surface area contributed by atoms with Gasteiger partial charge in [-0.15, -0.1) is 0 Å². The van der Waals surface area contributed by atoms with Gasteiger partial charge in [0.05, 0.1) is 6.04 Å². The number of likely N-dealkylation sites (tertiary alicyclic amines) is 1. The minimum atomic E-state index is 0.0316. The molecule has 4 heteroatoms. The monoisotopic (exact) mass is 235 g/mol. The van der Waals surface area contributed by atoms with Crippen LogP contribution in [0.15, 0.2) is 24.4 Å². The molecule has 1 aromatic heterocycles. The molecule has 17 heavy (non-hydrogen) atoms. The van der Waals surface area contributed by atoms with Crippen molar-refractivity contribution in [2.45, 2.75) is 38.5 Å². The highest BCUT2D eigenvalue weighted by atomic mass is 16.5. The topological polar surface area (TPSA) is 51.4 Å². The van der Waals surface area contributed by atoms with E-state index in [2.05, 4.69) is 30.7 Å². The first-order valence-electron chi connectivity index (χ1n) is 6.05. The Bertz CT molecular complexity index is 361. The van der Waals surface area contributed by atoms with Crippen LogP contribution in [-0.4, -0.2) is 40.7 Å². The van der Waals surface area contributed by atoms with Crippen LogP contribution in [-0.2, 0) is 0 Å².